The summed E-state index contributed by atoms with van der Waals surface area (Å²) in [5.74, 6) is 1.91. The molecule has 0 amide bonds. The van der Waals surface area contributed by atoms with E-state index in [1.165, 1.54) is 22.3 Å². The van der Waals surface area contributed by atoms with Crippen molar-refractivity contribution in [2.75, 3.05) is 24.7 Å². The fourth-order valence-corrected chi connectivity index (χ4v) is 3.70. The van der Waals surface area contributed by atoms with Gasteiger partial charge in [0.25, 0.3) is 0 Å². The molecule has 4 rings (SSSR count). The summed E-state index contributed by atoms with van der Waals surface area (Å²) in [5, 5.41) is 0. The number of nitrogen functional groups attached to an aromatic ring is 1. The lowest BCUT2D eigenvalue weighted by Crippen LogP contribution is -2.14. The van der Waals surface area contributed by atoms with Crippen LogP contribution in [0.15, 0.2) is 60.7 Å². The van der Waals surface area contributed by atoms with Crippen LogP contribution in [0, 0.1) is 0 Å². The highest BCUT2D eigenvalue weighted by molar-refractivity contribution is 5.66. The first-order valence-electron chi connectivity index (χ1n) is 9.05. The maximum atomic E-state index is 6.29. The first kappa shape index (κ1) is 16.5. The van der Waals surface area contributed by atoms with Gasteiger partial charge >= 0.3 is 0 Å². The molecule has 1 atom stereocenters. The summed E-state index contributed by atoms with van der Waals surface area (Å²) in [6, 6.07) is 21.3. The second-order valence-electron chi connectivity index (χ2n) is 7.00. The van der Waals surface area contributed by atoms with Crippen LogP contribution in [0.1, 0.15) is 35.1 Å². The van der Waals surface area contributed by atoms with Gasteiger partial charge in [-0.2, -0.15) is 0 Å². The number of benzene rings is 3. The molecule has 0 saturated carbocycles. The van der Waals surface area contributed by atoms with Gasteiger partial charge in [-0.15, -0.1) is 0 Å². The molecule has 0 saturated heterocycles. The van der Waals surface area contributed by atoms with E-state index in [-0.39, 0.29) is 5.92 Å². The number of anilines is 2. The summed E-state index contributed by atoms with van der Waals surface area (Å²) >= 11 is 0. The van der Waals surface area contributed by atoms with Crippen molar-refractivity contribution in [2.24, 2.45) is 0 Å². The van der Waals surface area contributed by atoms with Gasteiger partial charge < -0.3 is 15.4 Å². The molecule has 3 heteroatoms. The largest absolute Gasteiger partial charge is 0.457 e. The van der Waals surface area contributed by atoms with Gasteiger partial charge in [0.2, 0.25) is 0 Å². The molecule has 3 nitrogen and oxygen atoms in total. The minimum absolute atomic E-state index is 0.150. The van der Waals surface area contributed by atoms with Crippen molar-refractivity contribution < 1.29 is 4.74 Å². The highest BCUT2D eigenvalue weighted by atomic mass is 16.5. The quantitative estimate of drug-likeness (QED) is 0.520. The van der Waals surface area contributed by atoms with Crippen LogP contribution < -0.4 is 15.4 Å². The van der Waals surface area contributed by atoms with Crippen LogP contribution >= 0.6 is 0 Å². The highest BCUT2D eigenvalue weighted by Gasteiger charge is 2.29. The first-order valence-corrected chi connectivity index (χ1v) is 9.05. The fourth-order valence-electron chi connectivity index (χ4n) is 3.70. The Kier molecular flexibility index (Phi) is 4.08. The Morgan fingerprint density at radius 2 is 1.65 bits per heavy atom. The maximum Gasteiger partial charge on any atom is 0.133 e. The maximum absolute atomic E-state index is 6.29. The monoisotopic (exact) mass is 344 g/mol. The molecule has 132 valence electrons. The summed E-state index contributed by atoms with van der Waals surface area (Å²) < 4.78 is 6.29. The van der Waals surface area contributed by atoms with Crippen molar-refractivity contribution in [1.29, 1.82) is 0 Å². The Labute approximate surface area is 155 Å². The molecular weight excluding hydrogens is 320 g/mol. The molecule has 2 N–H and O–H groups in total. The van der Waals surface area contributed by atoms with Gasteiger partial charge in [0, 0.05) is 54.6 Å². The smallest absolute Gasteiger partial charge is 0.133 e. The van der Waals surface area contributed by atoms with Crippen LogP contribution in [0.4, 0.5) is 11.4 Å². The minimum Gasteiger partial charge on any atom is -0.457 e. The van der Waals surface area contributed by atoms with Gasteiger partial charge in [0.05, 0.1) is 0 Å². The summed E-state index contributed by atoms with van der Waals surface area (Å²) in [7, 11) is 4.08. The Morgan fingerprint density at radius 3 is 2.35 bits per heavy atom. The molecule has 3 aromatic rings. The van der Waals surface area contributed by atoms with Crippen molar-refractivity contribution in [3.05, 3.63) is 82.9 Å². The summed E-state index contributed by atoms with van der Waals surface area (Å²) in [6.45, 7) is 2.14. The lowest BCUT2D eigenvalue weighted by molar-refractivity contribution is 0.453. The fraction of sp³-hybridized carbons (Fsp3) is 0.217. The van der Waals surface area contributed by atoms with E-state index in [0.717, 1.165) is 29.3 Å². The van der Waals surface area contributed by atoms with E-state index in [0.29, 0.717) is 0 Å². The molecule has 1 unspecified atom stereocenters. The van der Waals surface area contributed by atoms with Crippen LogP contribution in [0.5, 0.6) is 11.5 Å². The zero-order valence-corrected chi connectivity index (χ0v) is 15.5. The minimum atomic E-state index is 0.150. The molecule has 26 heavy (non-hydrogen) atoms. The Bertz CT molecular complexity index is 948. The third-order valence-corrected chi connectivity index (χ3v) is 5.14. The summed E-state index contributed by atoms with van der Waals surface area (Å²) in [4.78, 5) is 2.09. The summed E-state index contributed by atoms with van der Waals surface area (Å²) in [5.41, 5.74) is 13.0. The molecule has 1 heterocycles. The van der Waals surface area contributed by atoms with E-state index < -0.39 is 0 Å². The molecule has 0 fully saturated rings. The highest BCUT2D eigenvalue weighted by Crippen LogP contribution is 2.49. The van der Waals surface area contributed by atoms with Crippen LogP contribution in [0.3, 0.4) is 0 Å². The van der Waals surface area contributed by atoms with E-state index in [1.54, 1.807) is 0 Å². The van der Waals surface area contributed by atoms with Crippen LogP contribution in [-0.2, 0) is 6.42 Å². The van der Waals surface area contributed by atoms with Gasteiger partial charge in [-0.05, 0) is 29.7 Å². The topological polar surface area (TPSA) is 38.5 Å². The van der Waals surface area contributed by atoms with Crippen LogP contribution in [0.2, 0.25) is 0 Å². The Hall–Kier alpha value is -2.94. The SMILES string of the molecule is CCc1cc2c(cc1N)Oc1cc(N(C)C)ccc1C2c1ccccc1. The Morgan fingerprint density at radius 1 is 0.923 bits per heavy atom. The van der Waals surface area contributed by atoms with Crippen LogP contribution in [0.25, 0.3) is 0 Å². The number of nitrogens with two attached hydrogens (primary N) is 1. The van der Waals surface area contributed by atoms with E-state index in [1.807, 2.05) is 20.2 Å². The van der Waals surface area contributed by atoms with Gasteiger partial charge in [-0.25, -0.2) is 0 Å². The van der Waals surface area contributed by atoms with Gasteiger partial charge in [0.1, 0.15) is 11.5 Å². The number of aryl methyl sites for hydroxylation is 1. The molecule has 0 aromatic heterocycles. The molecular formula is C23H24N2O. The predicted molar refractivity (Wildman–Crippen MR) is 108 cm³/mol. The number of rotatable bonds is 3. The van der Waals surface area contributed by atoms with Gasteiger partial charge in [-0.3, -0.25) is 0 Å². The molecule has 1 aliphatic heterocycles. The summed E-state index contributed by atoms with van der Waals surface area (Å²) in [6.07, 6.45) is 0.910. The lowest BCUT2D eigenvalue weighted by Gasteiger charge is -2.30. The Balaban J connectivity index is 1.95. The molecule has 0 spiro atoms. The standard InChI is InChI=1S/C23H24N2O/c1-4-15-12-19-22(14-20(15)24)26-21-13-17(25(2)3)10-11-18(21)23(19)16-8-6-5-7-9-16/h5-14,23H,4,24H2,1-3H3. The molecule has 0 bridgehead atoms. The van der Waals surface area contributed by atoms with Crippen molar-refractivity contribution >= 4 is 11.4 Å². The third kappa shape index (κ3) is 2.70. The molecule has 0 radical (unpaired) electrons. The van der Waals surface area contributed by atoms with Crippen LogP contribution in [-0.4, -0.2) is 14.1 Å². The molecule has 0 aliphatic carbocycles. The number of fused-ring (bicyclic) bond motifs is 2. The van der Waals surface area contributed by atoms with Gasteiger partial charge in [-0.1, -0.05) is 43.3 Å². The number of nitrogens with zero attached hydrogens (tertiary/aromatic N) is 1. The average molecular weight is 344 g/mol. The number of hydrogen-bond acceptors (Lipinski definition) is 3. The second kappa shape index (κ2) is 6.41. The number of hydrogen-bond donors (Lipinski definition) is 1. The molecule has 3 aromatic carbocycles. The number of ether oxygens (including phenoxy) is 1. The molecule has 1 aliphatic rings. The second-order valence-corrected chi connectivity index (χ2v) is 7.00. The van der Waals surface area contributed by atoms with E-state index >= 15 is 0 Å². The van der Waals surface area contributed by atoms with E-state index in [2.05, 4.69) is 66.4 Å². The van der Waals surface area contributed by atoms with Crippen molar-refractivity contribution in [2.45, 2.75) is 19.3 Å². The predicted octanol–water partition coefficient (Wildman–Crippen LogP) is 5.18. The van der Waals surface area contributed by atoms with Crippen molar-refractivity contribution in [1.82, 2.24) is 0 Å². The third-order valence-electron chi connectivity index (χ3n) is 5.14. The average Bonchev–Trinajstić information content (AvgIpc) is 2.65. The zero-order chi connectivity index (χ0) is 18.3. The first-order chi connectivity index (χ1) is 12.6. The van der Waals surface area contributed by atoms with E-state index in [4.69, 9.17) is 10.5 Å². The lowest BCUT2D eigenvalue weighted by atomic mass is 9.81. The van der Waals surface area contributed by atoms with Crippen molar-refractivity contribution in [3.8, 4) is 11.5 Å². The van der Waals surface area contributed by atoms with Gasteiger partial charge in [0.15, 0.2) is 0 Å². The normalized spacial score (nSPS) is 15.0. The van der Waals surface area contributed by atoms with E-state index in [9.17, 15) is 0 Å². The zero-order valence-electron chi connectivity index (χ0n) is 15.5. The van der Waals surface area contributed by atoms with Crippen molar-refractivity contribution in [3.63, 3.8) is 0 Å².